The molecule has 1 N–H and O–H groups in total. The molecule has 1 aromatic rings. The van der Waals surface area contributed by atoms with Gasteiger partial charge in [-0.15, -0.1) is 0 Å². The van der Waals surface area contributed by atoms with E-state index in [1.807, 2.05) is 32.0 Å². The molecule has 0 aliphatic carbocycles. The first-order chi connectivity index (χ1) is 10.6. The number of rotatable bonds is 5. The molecule has 0 saturated carbocycles. The molecule has 22 heavy (non-hydrogen) atoms. The Kier molecular flexibility index (Phi) is 5.93. The van der Waals surface area contributed by atoms with E-state index in [-0.39, 0.29) is 11.8 Å². The number of hydrogen-bond donors (Lipinski definition) is 1. The minimum atomic E-state index is -0.507. The maximum atomic E-state index is 12.3. The van der Waals surface area contributed by atoms with Gasteiger partial charge in [0, 0.05) is 19.6 Å². The van der Waals surface area contributed by atoms with Crippen LogP contribution >= 0.6 is 0 Å². The molecule has 5 heteroatoms. The first kappa shape index (κ1) is 16.5. The Hall–Kier alpha value is -1.90. The van der Waals surface area contributed by atoms with Gasteiger partial charge in [-0.1, -0.05) is 44.2 Å². The highest BCUT2D eigenvalue weighted by atomic mass is 16.5. The fourth-order valence-electron chi connectivity index (χ4n) is 2.44. The van der Waals surface area contributed by atoms with Crippen molar-refractivity contribution in [2.45, 2.75) is 32.5 Å². The van der Waals surface area contributed by atoms with E-state index in [4.69, 9.17) is 10.00 Å². The summed E-state index contributed by atoms with van der Waals surface area (Å²) in [6, 6.07) is 11.8. The summed E-state index contributed by atoms with van der Waals surface area (Å²) < 4.78 is 5.57. The van der Waals surface area contributed by atoms with Crippen LogP contribution < -0.4 is 5.32 Å². The molecule has 118 valence electrons. The normalized spacial score (nSPS) is 20.4. The Balaban J connectivity index is 1.90. The number of morpholine rings is 1. The van der Waals surface area contributed by atoms with Crippen molar-refractivity contribution in [2.75, 3.05) is 19.7 Å². The molecule has 5 nitrogen and oxygen atoms in total. The van der Waals surface area contributed by atoms with Crippen molar-refractivity contribution in [1.29, 1.82) is 5.26 Å². The van der Waals surface area contributed by atoms with Gasteiger partial charge >= 0.3 is 0 Å². The number of ether oxygens (including phenoxy) is 1. The second-order valence-electron chi connectivity index (χ2n) is 5.94. The number of amides is 1. The van der Waals surface area contributed by atoms with E-state index < -0.39 is 12.1 Å². The first-order valence-electron chi connectivity index (χ1n) is 7.68. The van der Waals surface area contributed by atoms with Gasteiger partial charge < -0.3 is 10.1 Å². The van der Waals surface area contributed by atoms with Crippen LogP contribution in [0.1, 0.15) is 19.4 Å². The van der Waals surface area contributed by atoms with Crippen LogP contribution in [-0.4, -0.2) is 42.6 Å². The maximum Gasteiger partial charge on any atom is 0.251 e. The summed E-state index contributed by atoms with van der Waals surface area (Å²) >= 11 is 0. The van der Waals surface area contributed by atoms with Crippen molar-refractivity contribution in [3.05, 3.63) is 35.9 Å². The minimum Gasteiger partial charge on any atom is -0.366 e. The summed E-state index contributed by atoms with van der Waals surface area (Å²) in [5.74, 6) is -0.115. The molecule has 0 bridgehead atoms. The van der Waals surface area contributed by atoms with Gasteiger partial charge in [-0.05, 0) is 11.5 Å². The van der Waals surface area contributed by atoms with Crippen LogP contribution in [0.15, 0.2) is 30.3 Å². The lowest BCUT2D eigenvalue weighted by Crippen LogP contribution is -2.52. The van der Waals surface area contributed by atoms with Crippen LogP contribution in [0.25, 0.3) is 0 Å². The van der Waals surface area contributed by atoms with Gasteiger partial charge in [0.25, 0.3) is 5.91 Å². The number of hydrogen-bond acceptors (Lipinski definition) is 4. The zero-order valence-electron chi connectivity index (χ0n) is 13.2. The van der Waals surface area contributed by atoms with E-state index in [2.05, 4.69) is 28.4 Å². The molecule has 1 heterocycles. The molecule has 1 fully saturated rings. The quantitative estimate of drug-likeness (QED) is 0.896. The van der Waals surface area contributed by atoms with E-state index in [1.54, 1.807) is 0 Å². The summed E-state index contributed by atoms with van der Waals surface area (Å²) in [7, 11) is 0. The van der Waals surface area contributed by atoms with Crippen LogP contribution in [0, 0.1) is 17.2 Å². The maximum absolute atomic E-state index is 12.3. The zero-order chi connectivity index (χ0) is 15.9. The highest BCUT2D eigenvalue weighted by molar-refractivity contribution is 5.81. The molecule has 1 saturated heterocycles. The molecular formula is C17H23N3O2. The predicted molar refractivity (Wildman–Crippen MR) is 83.8 cm³/mol. The standard InChI is InChI=1S/C17H23N3O2/c1-13(2)15(10-18)19-17(21)16-12-20(8-9-22-16)11-14-6-4-3-5-7-14/h3-7,13,15-16H,8-9,11-12H2,1-2H3,(H,19,21). The highest BCUT2D eigenvalue weighted by Gasteiger charge is 2.28. The Morgan fingerprint density at radius 3 is 2.82 bits per heavy atom. The van der Waals surface area contributed by atoms with Gasteiger partial charge in [-0.25, -0.2) is 0 Å². The molecule has 2 atom stereocenters. The molecule has 0 radical (unpaired) electrons. The molecule has 2 rings (SSSR count). The van der Waals surface area contributed by atoms with Crippen LogP contribution in [0.2, 0.25) is 0 Å². The van der Waals surface area contributed by atoms with Gasteiger partial charge in [0.1, 0.15) is 12.1 Å². The summed E-state index contributed by atoms with van der Waals surface area (Å²) in [4.78, 5) is 14.5. The Morgan fingerprint density at radius 1 is 1.45 bits per heavy atom. The molecule has 0 aromatic heterocycles. The zero-order valence-corrected chi connectivity index (χ0v) is 13.2. The highest BCUT2D eigenvalue weighted by Crippen LogP contribution is 2.11. The lowest BCUT2D eigenvalue weighted by molar-refractivity contribution is -0.139. The van der Waals surface area contributed by atoms with Gasteiger partial charge in [0.2, 0.25) is 0 Å². The number of nitriles is 1. The van der Waals surface area contributed by atoms with Crippen molar-refractivity contribution >= 4 is 5.91 Å². The van der Waals surface area contributed by atoms with Crippen molar-refractivity contribution in [3.63, 3.8) is 0 Å². The Bertz CT molecular complexity index is 524. The van der Waals surface area contributed by atoms with E-state index in [9.17, 15) is 4.79 Å². The van der Waals surface area contributed by atoms with Gasteiger partial charge in [-0.3, -0.25) is 9.69 Å². The van der Waals surface area contributed by atoms with Crippen LogP contribution in [0.4, 0.5) is 0 Å². The van der Waals surface area contributed by atoms with Gasteiger partial charge in [-0.2, -0.15) is 5.26 Å². The lowest BCUT2D eigenvalue weighted by Gasteiger charge is -2.32. The third kappa shape index (κ3) is 4.55. The number of nitrogens with one attached hydrogen (secondary N) is 1. The summed E-state index contributed by atoms with van der Waals surface area (Å²) in [6.45, 7) is 6.53. The fraction of sp³-hybridized carbons (Fsp3) is 0.529. The van der Waals surface area contributed by atoms with E-state index in [1.165, 1.54) is 5.56 Å². The van der Waals surface area contributed by atoms with Crippen molar-refractivity contribution in [1.82, 2.24) is 10.2 Å². The van der Waals surface area contributed by atoms with E-state index >= 15 is 0 Å². The number of carbonyl (C=O) groups excluding carboxylic acids is 1. The number of benzene rings is 1. The molecular weight excluding hydrogens is 278 g/mol. The number of carbonyl (C=O) groups is 1. The SMILES string of the molecule is CC(C)C(C#N)NC(=O)C1CN(Cc2ccccc2)CCO1. The third-order valence-corrected chi connectivity index (χ3v) is 3.80. The molecule has 2 unspecified atom stereocenters. The summed E-state index contributed by atoms with van der Waals surface area (Å²) in [5.41, 5.74) is 1.22. The summed E-state index contributed by atoms with van der Waals surface area (Å²) in [5, 5.41) is 11.8. The molecule has 0 spiro atoms. The average molecular weight is 301 g/mol. The largest absolute Gasteiger partial charge is 0.366 e. The molecule has 1 amide bonds. The van der Waals surface area contributed by atoms with Crippen molar-refractivity contribution < 1.29 is 9.53 Å². The molecule has 1 aliphatic rings. The second-order valence-corrected chi connectivity index (χ2v) is 5.94. The van der Waals surface area contributed by atoms with Gasteiger partial charge in [0.05, 0.1) is 12.7 Å². The van der Waals surface area contributed by atoms with Crippen molar-refractivity contribution in [2.24, 2.45) is 5.92 Å². The molecule has 1 aromatic carbocycles. The van der Waals surface area contributed by atoms with Gasteiger partial charge in [0.15, 0.2) is 0 Å². The van der Waals surface area contributed by atoms with Crippen LogP contribution in [-0.2, 0) is 16.1 Å². The van der Waals surface area contributed by atoms with Crippen LogP contribution in [0.3, 0.4) is 0 Å². The minimum absolute atomic E-state index is 0.0814. The second kappa shape index (κ2) is 7.92. The average Bonchev–Trinajstić information content (AvgIpc) is 2.53. The molecule has 1 aliphatic heterocycles. The topological polar surface area (TPSA) is 65.4 Å². The smallest absolute Gasteiger partial charge is 0.251 e. The van der Waals surface area contributed by atoms with Crippen molar-refractivity contribution in [3.8, 4) is 6.07 Å². The number of nitrogens with zero attached hydrogens (tertiary/aromatic N) is 2. The monoisotopic (exact) mass is 301 g/mol. The first-order valence-corrected chi connectivity index (χ1v) is 7.68. The van der Waals surface area contributed by atoms with E-state index in [0.29, 0.717) is 13.2 Å². The van der Waals surface area contributed by atoms with E-state index in [0.717, 1.165) is 13.1 Å². The summed E-state index contributed by atoms with van der Waals surface area (Å²) in [6.07, 6.45) is -0.507. The lowest BCUT2D eigenvalue weighted by atomic mass is 10.1. The third-order valence-electron chi connectivity index (χ3n) is 3.80. The Morgan fingerprint density at radius 2 is 2.18 bits per heavy atom. The van der Waals surface area contributed by atoms with Crippen LogP contribution in [0.5, 0.6) is 0 Å². The predicted octanol–water partition coefficient (Wildman–Crippen LogP) is 1.55. The fourth-order valence-corrected chi connectivity index (χ4v) is 2.44. The Labute approximate surface area is 131 Å².